The number of allylic oxidation sites excluding steroid dienone is 1. The van der Waals surface area contributed by atoms with Crippen molar-refractivity contribution in [3.05, 3.63) is 87.1 Å². The van der Waals surface area contributed by atoms with E-state index in [1.165, 1.54) is 33.6 Å². The van der Waals surface area contributed by atoms with Gasteiger partial charge in [0.1, 0.15) is 12.8 Å². The minimum atomic E-state index is 0.922. The number of aryl methyl sites for hydroxylation is 2. The average molecular weight is 434 g/mol. The summed E-state index contributed by atoms with van der Waals surface area (Å²) < 4.78 is 0. The molecule has 3 aromatic rings. The molecule has 0 fully saturated rings. The molecule has 4 rings (SSSR count). The van der Waals surface area contributed by atoms with Gasteiger partial charge in [0.15, 0.2) is 0 Å². The number of fused-ring (bicyclic) bond motifs is 3. The van der Waals surface area contributed by atoms with Crippen molar-refractivity contribution in [1.82, 2.24) is 0 Å². The van der Waals surface area contributed by atoms with Crippen LogP contribution in [0.2, 0.25) is 0 Å². The Kier molecular flexibility index (Phi) is 10.3. The zero-order valence-corrected chi connectivity index (χ0v) is 20.6. The van der Waals surface area contributed by atoms with E-state index in [1.807, 2.05) is 45.1 Å². The number of oxime groups is 1. The fourth-order valence-corrected chi connectivity index (χ4v) is 4.41. The van der Waals surface area contributed by atoms with E-state index in [0.717, 1.165) is 29.7 Å². The Labute approximate surface area is 192 Å². The number of unbranched alkanes of at least 4 members (excludes halogenated alkanes) is 1. The van der Waals surface area contributed by atoms with Crippen molar-refractivity contribution >= 4 is 23.1 Å². The highest BCUT2D eigenvalue weighted by molar-refractivity contribution is 7.10. The second-order valence-electron chi connectivity index (χ2n) is 6.77. The first-order valence-electron chi connectivity index (χ1n) is 11.3. The lowest BCUT2D eigenvalue weighted by molar-refractivity contribution is 0.214. The van der Waals surface area contributed by atoms with E-state index in [9.17, 15) is 0 Å². The van der Waals surface area contributed by atoms with Crippen LogP contribution in [-0.2, 0) is 11.3 Å². The maximum absolute atomic E-state index is 5.11. The minimum Gasteiger partial charge on any atom is -0.399 e. The van der Waals surface area contributed by atoms with Crippen molar-refractivity contribution in [1.29, 1.82) is 0 Å². The highest BCUT2D eigenvalue weighted by Gasteiger charge is 2.25. The van der Waals surface area contributed by atoms with Gasteiger partial charge in [0.25, 0.3) is 0 Å². The summed E-state index contributed by atoms with van der Waals surface area (Å²) in [5.74, 6) is 0. The monoisotopic (exact) mass is 433 g/mol. The summed E-state index contributed by atoms with van der Waals surface area (Å²) in [6, 6.07) is 17.2. The Morgan fingerprint density at radius 1 is 0.903 bits per heavy atom. The van der Waals surface area contributed by atoms with Gasteiger partial charge < -0.3 is 4.84 Å². The van der Waals surface area contributed by atoms with E-state index in [2.05, 4.69) is 72.1 Å². The van der Waals surface area contributed by atoms with Crippen molar-refractivity contribution in [2.24, 2.45) is 5.16 Å². The quantitative estimate of drug-likeness (QED) is 0.220. The van der Waals surface area contributed by atoms with Gasteiger partial charge in [-0.15, -0.1) is 11.3 Å². The second-order valence-corrected chi connectivity index (χ2v) is 7.89. The van der Waals surface area contributed by atoms with Crippen molar-refractivity contribution < 1.29 is 4.84 Å². The first-order valence-corrected chi connectivity index (χ1v) is 12.2. The van der Waals surface area contributed by atoms with Crippen LogP contribution < -0.4 is 0 Å². The molecule has 0 spiro atoms. The Morgan fingerprint density at radius 2 is 1.61 bits per heavy atom. The molecule has 0 radical (unpaired) electrons. The van der Waals surface area contributed by atoms with Crippen LogP contribution in [0.25, 0.3) is 17.2 Å². The van der Waals surface area contributed by atoms with Gasteiger partial charge >= 0.3 is 0 Å². The number of hydrogen-bond acceptors (Lipinski definition) is 3. The minimum absolute atomic E-state index is 0.922. The molecule has 3 heteroatoms. The number of nitrogens with zero attached hydrogens (tertiary/aromatic N) is 1. The highest BCUT2D eigenvalue weighted by atomic mass is 32.1. The molecule has 164 valence electrons. The second kappa shape index (κ2) is 12.9. The summed E-state index contributed by atoms with van der Waals surface area (Å²) in [5, 5.41) is 6.47. The largest absolute Gasteiger partial charge is 0.399 e. The van der Waals surface area contributed by atoms with Crippen LogP contribution in [0.3, 0.4) is 0 Å². The standard InChI is InChI=1S/C24H23NOS.2C2H6/c1-17-19(14-15-27-17)9-5-3-4-8-18-12-13-21-20-10-6-7-11-22(20)24(25-26-2)23(21)16-18;2*1-2/h4,6-8,10-16H,3,5,9H2,1-2H3;2*1-2H3/b8-4+,25-24-;;. The molecule has 1 aliphatic carbocycles. The third-order valence-electron chi connectivity index (χ3n) is 5.05. The molecule has 0 atom stereocenters. The van der Waals surface area contributed by atoms with E-state index >= 15 is 0 Å². The van der Waals surface area contributed by atoms with Crippen LogP contribution in [0.1, 0.15) is 67.7 Å². The smallest absolute Gasteiger partial charge is 0.118 e. The summed E-state index contributed by atoms with van der Waals surface area (Å²) in [6.45, 7) is 10.2. The molecule has 31 heavy (non-hydrogen) atoms. The van der Waals surface area contributed by atoms with E-state index in [-0.39, 0.29) is 0 Å². The SMILES string of the molecule is CC.CC.CO/N=C1/c2ccccc2-c2ccc(/C=C/CCCc3ccsc3C)cc21. The summed E-state index contributed by atoms with van der Waals surface area (Å²) in [5.41, 5.74) is 8.36. The summed E-state index contributed by atoms with van der Waals surface area (Å²) >= 11 is 1.84. The van der Waals surface area contributed by atoms with E-state index in [0.29, 0.717) is 0 Å². The van der Waals surface area contributed by atoms with Crippen molar-refractivity contribution in [3.8, 4) is 11.1 Å². The zero-order chi connectivity index (χ0) is 22.6. The van der Waals surface area contributed by atoms with Gasteiger partial charge in [0.05, 0.1) is 0 Å². The molecule has 1 aliphatic rings. The van der Waals surface area contributed by atoms with Crippen LogP contribution in [-0.4, -0.2) is 12.8 Å². The Balaban J connectivity index is 0.000000807. The highest BCUT2D eigenvalue weighted by Crippen LogP contribution is 2.37. The lowest BCUT2D eigenvalue weighted by atomic mass is 10.0. The maximum Gasteiger partial charge on any atom is 0.118 e. The Bertz CT molecular complexity index is 1010. The predicted octanol–water partition coefficient (Wildman–Crippen LogP) is 8.52. The molecular formula is C28H35NOS. The summed E-state index contributed by atoms with van der Waals surface area (Å²) in [7, 11) is 1.60. The third-order valence-corrected chi connectivity index (χ3v) is 5.94. The molecule has 0 aliphatic heterocycles. The number of rotatable bonds is 6. The van der Waals surface area contributed by atoms with Gasteiger partial charge in [0, 0.05) is 16.0 Å². The third kappa shape index (κ3) is 5.95. The lowest BCUT2D eigenvalue weighted by Crippen LogP contribution is -1.99. The normalized spacial score (nSPS) is 12.5. The molecule has 0 amide bonds. The average Bonchev–Trinajstić information content (AvgIpc) is 3.37. The first-order chi connectivity index (χ1) is 15.3. The molecule has 1 aromatic heterocycles. The molecule has 2 nitrogen and oxygen atoms in total. The van der Waals surface area contributed by atoms with Crippen molar-refractivity contribution in [2.45, 2.75) is 53.9 Å². The van der Waals surface area contributed by atoms with Gasteiger partial charge in [-0.2, -0.15) is 0 Å². The fourth-order valence-electron chi connectivity index (χ4n) is 3.66. The van der Waals surface area contributed by atoms with Gasteiger partial charge in [-0.05, 0) is 66.0 Å². The number of thiophene rings is 1. The molecule has 0 N–H and O–H groups in total. The maximum atomic E-state index is 5.11. The summed E-state index contributed by atoms with van der Waals surface area (Å²) in [6.07, 6.45) is 7.92. The number of benzene rings is 2. The van der Waals surface area contributed by atoms with Crippen LogP contribution in [0.4, 0.5) is 0 Å². The molecular weight excluding hydrogens is 398 g/mol. The molecule has 0 saturated carbocycles. The topological polar surface area (TPSA) is 21.6 Å². The predicted molar refractivity (Wildman–Crippen MR) is 138 cm³/mol. The lowest BCUT2D eigenvalue weighted by Gasteiger charge is -2.03. The van der Waals surface area contributed by atoms with Gasteiger partial charge in [-0.25, -0.2) is 0 Å². The first kappa shape index (κ1) is 24.6. The number of hydrogen-bond donors (Lipinski definition) is 0. The summed E-state index contributed by atoms with van der Waals surface area (Å²) in [4.78, 5) is 6.55. The molecule has 0 unspecified atom stereocenters. The van der Waals surface area contributed by atoms with E-state index in [4.69, 9.17) is 4.84 Å². The Hall–Kier alpha value is -2.65. The van der Waals surface area contributed by atoms with Crippen LogP contribution in [0.15, 0.2) is 65.1 Å². The van der Waals surface area contributed by atoms with Gasteiger partial charge in [-0.3, -0.25) is 0 Å². The molecule has 2 aromatic carbocycles. The zero-order valence-electron chi connectivity index (χ0n) is 19.7. The fraction of sp³-hybridized carbons (Fsp3) is 0.321. The van der Waals surface area contributed by atoms with E-state index in [1.54, 1.807) is 7.11 Å². The van der Waals surface area contributed by atoms with Crippen LogP contribution in [0, 0.1) is 6.92 Å². The van der Waals surface area contributed by atoms with Crippen molar-refractivity contribution in [3.63, 3.8) is 0 Å². The van der Waals surface area contributed by atoms with Crippen LogP contribution >= 0.6 is 11.3 Å². The molecule has 1 heterocycles. The van der Waals surface area contributed by atoms with Crippen LogP contribution in [0.5, 0.6) is 0 Å². The van der Waals surface area contributed by atoms with Crippen molar-refractivity contribution in [2.75, 3.05) is 7.11 Å². The Morgan fingerprint density at radius 3 is 2.29 bits per heavy atom. The van der Waals surface area contributed by atoms with Gasteiger partial charge in [-0.1, -0.05) is 81.4 Å². The molecule has 0 bridgehead atoms. The molecule has 0 saturated heterocycles. The van der Waals surface area contributed by atoms with E-state index < -0.39 is 0 Å². The van der Waals surface area contributed by atoms with Gasteiger partial charge in [0.2, 0.25) is 0 Å².